The van der Waals surface area contributed by atoms with Crippen molar-refractivity contribution in [1.29, 1.82) is 0 Å². The predicted octanol–water partition coefficient (Wildman–Crippen LogP) is 2.87. The Morgan fingerprint density at radius 2 is 2.04 bits per heavy atom. The highest BCUT2D eigenvalue weighted by Crippen LogP contribution is 2.40. The Balaban J connectivity index is 1.64. The lowest BCUT2D eigenvalue weighted by Crippen LogP contribution is -2.44. The Hall–Kier alpha value is -0.810. The normalized spacial score (nSPS) is 24.4. The summed E-state index contributed by atoms with van der Waals surface area (Å²) in [4.78, 5) is 7.02. The summed E-state index contributed by atoms with van der Waals surface area (Å²) >= 11 is 0. The quantitative estimate of drug-likeness (QED) is 0.381. The Kier molecular flexibility index (Phi) is 9.04. The molecule has 0 aromatic carbocycles. The number of likely N-dealkylation sites (tertiary alicyclic amines) is 1. The average Bonchev–Trinajstić information content (AvgIpc) is 3.09. The molecule has 1 aliphatic carbocycles. The fourth-order valence-electron chi connectivity index (χ4n) is 4.45. The molecule has 0 aromatic rings. The van der Waals surface area contributed by atoms with Crippen LogP contribution in [0.5, 0.6) is 0 Å². The molecule has 2 rings (SSSR count). The monoisotopic (exact) mass is 352 g/mol. The van der Waals surface area contributed by atoms with Crippen molar-refractivity contribution in [2.45, 2.75) is 58.3 Å². The summed E-state index contributed by atoms with van der Waals surface area (Å²) in [6.07, 6.45) is 10.4. The molecule has 1 atom stereocenters. The zero-order valence-electron chi connectivity index (χ0n) is 16.8. The number of rotatable bonds is 9. The molecule has 0 aromatic heterocycles. The Morgan fingerprint density at radius 1 is 1.24 bits per heavy atom. The van der Waals surface area contributed by atoms with Gasteiger partial charge >= 0.3 is 0 Å². The molecule has 1 aliphatic heterocycles. The molecule has 5 heteroatoms. The van der Waals surface area contributed by atoms with Crippen LogP contribution in [-0.4, -0.2) is 64.3 Å². The summed E-state index contributed by atoms with van der Waals surface area (Å²) < 4.78 is 5.33. The SMILES string of the molecule is CN=C(NCCCN1CCCC(C)C1)NCC1(CCOC)CCCC1. The van der Waals surface area contributed by atoms with E-state index in [1.54, 1.807) is 7.11 Å². The van der Waals surface area contributed by atoms with E-state index in [9.17, 15) is 0 Å². The number of hydrogen-bond donors (Lipinski definition) is 2. The first-order valence-electron chi connectivity index (χ1n) is 10.3. The van der Waals surface area contributed by atoms with Gasteiger partial charge in [-0.3, -0.25) is 4.99 Å². The van der Waals surface area contributed by atoms with Gasteiger partial charge in [-0.2, -0.15) is 0 Å². The molecule has 25 heavy (non-hydrogen) atoms. The zero-order valence-corrected chi connectivity index (χ0v) is 16.8. The van der Waals surface area contributed by atoms with Gasteiger partial charge in [0.1, 0.15) is 0 Å². The molecule has 0 spiro atoms. The van der Waals surface area contributed by atoms with E-state index in [0.29, 0.717) is 5.41 Å². The fourth-order valence-corrected chi connectivity index (χ4v) is 4.45. The fraction of sp³-hybridized carbons (Fsp3) is 0.950. The minimum absolute atomic E-state index is 0.400. The Labute approximate surface area is 155 Å². The molecule has 5 nitrogen and oxygen atoms in total. The number of methoxy groups -OCH3 is 1. The highest BCUT2D eigenvalue weighted by molar-refractivity contribution is 5.79. The van der Waals surface area contributed by atoms with Gasteiger partial charge in [0.15, 0.2) is 5.96 Å². The molecule has 0 bridgehead atoms. The van der Waals surface area contributed by atoms with Gasteiger partial charge in [-0.25, -0.2) is 0 Å². The van der Waals surface area contributed by atoms with Crippen molar-refractivity contribution in [2.24, 2.45) is 16.3 Å². The lowest BCUT2D eigenvalue weighted by Gasteiger charge is -2.31. The molecule has 1 saturated carbocycles. The van der Waals surface area contributed by atoms with Crippen LogP contribution in [0.3, 0.4) is 0 Å². The lowest BCUT2D eigenvalue weighted by atomic mass is 9.83. The van der Waals surface area contributed by atoms with Crippen LogP contribution in [0, 0.1) is 11.3 Å². The van der Waals surface area contributed by atoms with Gasteiger partial charge < -0.3 is 20.3 Å². The van der Waals surface area contributed by atoms with Crippen molar-refractivity contribution in [3.05, 3.63) is 0 Å². The second-order valence-corrected chi connectivity index (χ2v) is 8.20. The second-order valence-electron chi connectivity index (χ2n) is 8.20. The van der Waals surface area contributed by atoms with Crippen molar-refractivity contribution in [2.75, 3.05) is 53.5 Å². The third-order valence-electron chi connectivity index (χ3n) is 6.04. The van der Waals surface area contributed by atoms with E-state index in [4.69, 9.17) is 4.74 Å². The summed E-state index contributed by atoms with van der Waals surface area (Å²) in [6.45, 7) is 9.00. The molecule has 1 saturated heterocycles. The van der Waals surface area contributed by atoms with Gasteiger partial charge in [0.25, 0.3) is 0 Å². The van der Waals surface area contributed by atoms with Gasteiger partial charge in [-0.15, -0.1) is 0 Å². The van der Waals surface area contributed by atoms with Gasteiger partial charge in [-0.05, 0) is 62.9 Å². The third-order valence-corrected chi connectivity index (χ3v) is 6.04. The van der Waals surface area contributed by atoms with Crippen molar-refractivity contribution in [3.63, 3.8) is 0 Å². The van der Waals surface area contributed by atoms with Crippen LogP contribution in [0.1, 0.15) is 58.3 Å². The summed E-state index contributed by atoms with van der Waals surface area (Å²) in [6, 6.07) is 0. The molecule has 1 unspecified atom stereocenters. The first kappa shape index (κ1) is 20.5. The number of guanidine groups is 1. The van der Waals surface area contributed by atoms with E-state index in [2.05, 4.69) is 27.4 Å². The molecule has 0 radical (unpaired) electrons. The highest BCUT2D eigenvalue weighted by Gasteiger charge is 2.33. The average molecular weight is 353 g/mol. The van der Waals surface area contributed by atoms with E-state index in [1.165, 1.54) is 64.6 Å². The minimum atomic E-state index is 0.400. The number of nitrogens with zero attached hydrogens (tertiary/aromatic N) is 2. The van der Waals surface area contributed by atoms with Crippen LogP contribution < -0.4 is 10.6 Å². The molecular formula is C20H40N4O. The van der Waals surface area contributed by atoms with Gasteiger partial charge in [-0.1, -0.05) is 19.8 Å². The van der Waals surface area contributed by atoms with Crippen molar-refractivity contribution in [3.8, 4) is 0 Å². The number of hydrogen-bond acceptors (Lipinski definition) is 3. The number of piperidine rings is 1. The van der Waals surface area contributed by atoms with E-state index < -0.39 is 0 Å². The van der Waals surface area contributed by atoms with Crippen molar-refractivity contribution < 1.29 is 4.74 Å². The molecule has 2 fully saturated rings. The van der Waals surface area contributed by atoms with Crippen LogP contribution in [0.2, 0.25) is 0 Å². The molecular weight excluding hydrogens is 312 g/mol. The van der Waals surface area contributed by atoms with Crippen molar-refractivity contribution in [1.82, 2.24) is 15.5 Å². The maximum absolute atomic E-state index is 5.33. The zero-order chi connectivity index (χ0) is 18.0. The molecule has 0 amide bonds. The standard InChI is InChI=1S/C20H40N4O/c1-18-8-6-13-24(16-18)14-7-12-22-19(21-2)23-17-20(11-15-25-3)9-4-5-10-20/h18H,4-17H2,1-3H3,(H2,21,22,23). The summed E-state index contributed by atoms with van der Waals surface area (Å²) in [5.74, 6) is 1.82. The van der Waals surface area contributed by atoms with Gasteiger partial charge in [0.2, 0.25) is 0 Å². The Morgan fingerprint density at radius 3 is 2.72 bits per heavy atom. The minimum Gasteiger partial charge on any atom is -0.385 e. The van der Waals surface area contributed by atoms with E-state index in [-0.39, 0.29) is 0 Å². The predicted molar refractivity (Wildman–Crippen MR) is 106 cm³/mol. The number of nitrogens with one attached hydrogen (secondary N) is 2. The van der Waals surface area contributed by atoms with Crippen LogP contribution in [0.25, 0.3) is 0 Å². The largest absolute Gasteiger partial charge is 0.385 e. The molecule has 2 aliphatic rings. The topological polar surface area (TPSA) is 48.9 Å². The summed E-state index contributed by atoms with van der Waals surface area (Å²) in [7, 11) is 3.68. The molecule has 1 heterocycles. The second kappa shape index (κ2) is 11.0. The molecule has 2 N–H and O–H groups in total. The van der Waals surface area contributed by atoms with Gasteiger partial charge in [0.05, 0.1) is 0 Å². The van der Waals surface area contributed by atoms with E-state index in [1.807, 2.05) is 7.05 Å². The number of ether oxygens (including phenoxy) is 1. The van der Waals surface area contributed by atoms with E-state index >= 15 is 0 Å². The van der Waals surface area contributed by atoms with Crippen LogP contribution in [0.4, 0.5) is 0 Å². The maximum atomic E-state index is 5.33. The van der Waals surface area contributed by atoms with Gasteiger partial charge in [0, 0.05) is 40.4 Å². The van der Waals surface area contributed by atoms with Crippen molar-refractivity contribution >= 4 is 5.96 Å². The smallest absolute Gasteiger partial charge is 0.190 e. The summed E-state index contributed by atoms with van der Waals surface area (Å²) in [5.41, 5.74) is 0.400. The summed E-state index contributed by atoms with van der Waals surface area (Å²) in [5, 5.41) is 7.07. The van der Waals surface area contributed by atoms with Crippen LogP contribution >= 0.6 is 0 Å². The third kappa shape index (κ3) is 7.14. The first-order chi connectivity index (χ1) is 12.2. The Bertz CT molecular complexity index is 393. The number of aliphatic imine (C=N–C) groups is 1. The van der Waals surface area contributed by atoms with Crippen LogP contribution in [0.15, 0.2) is 4.99 Å². The van der Waals surface area contributed by atoms with E-state index in [0.717, 1.165) is 38.0 Å². The lowest BCUT2D eigenvalue weighted by molar-refractivity contribution is 0.138. The first-order valence-corrected chi connectivity index (χ1v) is 10.3. The highest BCUT2D eigenvalue weighted by atomic mass is 16.5. The maximum Gasteiger partial charge on any atom is 0.190 e. The van der Waals surface area contributed by atoms with Crippen LogP contribution in [-0.2, 0) is 4.74 Å². The molecule has 146 valence electrons.